The Labute approximate surface area is 122 Å². The number of aromatic carboxylic acids is 1. The molecule has 0 radical (unpaired) electrons. The molecule has 1 aromatic heterocycles. The van der Waals surface area contributed by atoms with Crippen molar-refractivity contribution in [2.75, 3.05) is 7.11 Å². The number of methoxy groups -OCH3 is 1. The summed E-state index contributed by atoms with van der Waals surface area (Å²) in [5.41, 5.74) is 1.18. The van der Waals surface area contributed by atoms with E-state index in [1.165, 1.54) is 19.2 Å². The number of ether oxygens (including phenoxy) is 2. The molecule has 4 nitrogen and oxygen atoms in total. The lowest BCUT2D eigenvalue weighted by atomic mass is 10.2. The molecule has 0 fully saturated rings. The van der Waals surface area contributed by atoms with Crippen molar-refractivity contribution in [1.82, 2.24) is 0 Å². The fourth-order valence-electron chi connectivity index (χ4n) is 1.51. The van der Waals surface area contributed by atoms with Gasteiger partial charge in [0.05, 0.1) is 16.5 Å². The van der Waals surface area contributed by atoms with Crippen molar-refractivity contribution >= 4 is 33.2 Å². The van der Waals surface area contributed by atoms with Crippen LogP contribution in [0.5, 0.6) is 11.5 Å². The van der Waals surface area contributed by atoms with Gasteiger partial charge < -0.3 is 14.6 Å². The van der Waals surface area contributed by atoms with E-state index in [2.05, 4.69) is 15.9 Å². The summed E-state index contributed by atoms with van der Waals surface area (Å²) in [6, 6.07) is 6.48. The zero-order valence-electron chi connectivity index (χ0n) is 10.1. The number of benzene rings is 1. The molecule has 2 aromatic rings. The van der Waals surface area contributed by atoms with E-state index in [-0.39, 0.29) is 5.56 Å². The molecule has 0 saturated heterocycles. The summed E-state index contributed by atoms with van der Waals surface area (Å²) in [6.07, 6.45) is 0. The van der Waals surface area contributed by atoms with Crippen molar-refractivity contribution in [1.29, 1.82) is 0 Å². The van der Waals surface area contributed by atoms with E-state index in [0.717, 1.165) is 9.35 Å². The molecule has 0 amide bonds. The van der Waals surface area contributed by atoms with Gasteiger partial charge in [-0.05, 0) is 45.6 Å². The lowest BCUT2D eigenvalue weighted by Gasteiger charge is -2.10. The molecule has 0 saturated carbocycles. The lowest BCUT2D eigenvalue weighted by Crippen LogP contribution is -2.00. The van der Waals surface area contributed by atoms with Gasteiger partial charge in [0.25, 0.3) is 0 Å². The summed E-state index contributed by atoms with van der Waals surface area (Å²) in [5, 5.41) is 10.9. The van der Waals surface area contributed by atoms with Crippen molar-refractivity contribution in [2.24, 2.45) is 0 Å². The van der Waals surface area contributed by atoms with E-state index in [1.54, 1.807) is 17.4 Å². The minimum absolute atomic E-state index is 0.169. The second kappa shape index (κ2) is 6.08. The van der Waals surface area contributed by atoms with Crippen LogP contribution in [-0.2, 0) is 6.61 Å². The summed E-state index contributed by atoms with van der Waals surface area (Å²) >= 11 is 4.95. The summed E-state index contributed by atoms with van der Waals surface area (Å²) in [6.45, 7) is 0.363. The highest BCUT2D eigenvalue weighted by atomic mass is 79.9. The summed E-state index contributed by atoms with van der Waals surface area (Å²) < 4.78 is 11.8. The molecule has 0 aliphatic carbocycles. The largest absolute Gasteiger partial charge is 0.493 e. The van der Waals surface area contributed by atoms with E-state index in [4.69, 9.17) is 14.6 Å². The van der Waals surface area contributed by atoms with Gasteiger partial charge in [0.15, 0.2) is 11.5 Å². The number of rotatable bonds is 5. The van der Waals surface area contributed by atoms with Crippen LogP contribution in [0, 0.1) is 0 Å². The molecule has 1 heterocycles. The highest BCUT2D eigenvalue weighted by molar-refractivity contribution is 9.11. The van der Waals surface area contributed by atoms with Crippen LogP contribution < -0.4 is 9.47 Å². The summed E-state index contributed by atoms with van der Waals surface area (Å²) in [7, 11) is 1.52. The maximum atomic E-state index is 10.9. The van der Waals surface area contributed by atoms with Crippen LogP contribution in [0.25, 0.3) is 0 Å². The molecular formula is C13H11BrO4S. The topological polar surface area (TPSA) is 55.8 Å². The first kappa shape index (κ1) is 13.9. The Morgan fingerprint density at radius 2 is 2.16 bits per heavy atom. The van der Waals surface area contributed by atoms with E-state index < -0.39 is 5.97 Å². The molecule has 1 aromatic carbocycles. The molecule has 0 aliphatic rings. The average molecular weight is 343 g/mol. The molecule has 19 heavy (non-hydrogen) atoms. The smallest absolute Gasteiger partial charge is 0.335 e. The Bertz CT molecular complexity index is 594. The fraction of sp³-hybridized carbons (Fsp3) is 0.154. The van der Waals surface area contributed by atoms with Gasteiger partial charge in [-0.3, -0.25) is 0 Å². The quantitative estimate of drug-likeness (QED) is 0.897. The Balaban J connectivity index is 2.17. The minimum atomic E-state index is -0.995. The molecule has 0 spiro atoms. The molecule has 0 bridgehead atoms. The van der Waals surface area contributed by atoms with Crippen molar-refractivity contribution in [3.8, 4) is 11.5 Å². The molecule has 0 atom stereocenters. The van der Waals surface area contributed by atoms with Crippen LogP contribution in [-0.4, -0.2) is 18.2 Å². The maximum absolute atomic E-state index is 10.9. The van der Waals surface area contributed by atoms with Gasteiger partial charge in [0.1, 0.15) is 6.61 Å². The monoisotopic (exact) mass is 342 g/mol. The summed E-state index contributed by atoms with van der Waals surface area (Å²) in [4.78, 5) is 10.9. The van der Waals surface area contributed by atoms with Crippen molar-refractivity contribution in [3.63, 3.8) is 0 Å². The molecule has 0 unspecified atom stereocenters. The molecule has 100 valence electrons. The zero-order chi connectivity index (χ0) is 13.8. The van der Waals surface area contributed by atoms with Crippen LogP contribution in [0.3, 0.4) is 0 Å². The van der Waals surface area contributed by atoms with E-state index >= 15 is 0 Å². The molecule has 6 heteroatoms. The fourth-order valence-corrected chi connectivity index (χ4v) is 2.70. The van der Waals surface area contributed by atoms with E-state index in [1.807, 2.05) is 11.4 Å². The summed E-state index contributed by atoms with van der Waals surface area (Å²) in [5.74, 6) is -0.0604. The van der Waals surface area contributed by atoms with E-state index in [9.17, 15) is 4.79 Å². The normalized spacial score (nSPS) is 10.2. The van der Waals surface area contributed by atoms with Gasteiger partial charge in [-0.2, -0.15) is 0 Å². The lowest BCUT2D eigenvalue weighted by molar-refractivity contribution is 0.0696. The number of carboxylic acid groups (broad SMARTS) is 1. The third-order valence-corrected chi connectivity index (χ3v) is 3.98. The molecule has 0 aliphatic heterocycles. The second-order valence-electron chi connectivity index (χ2n) is 3.72. The highest BCUT2D eigenvalue weighted by Gasteiger charge is 2.10. The first-order valence-electron chi connectivity index (χ1n) is 5.37. The molecular weight excluding hydrogens is 332 g/mol. The standard InChI is InChI=1S/C13H11BrO4S/c1-17-10-3-2-9(13(15)16)5-11(10)18-6-8-4-12(14)19-7-8/h2-5,7H,6H2,1H3,(H,15,16). The Kier molecular flexibility index (Phi) is 4.44. The number of carbonyl (C=O) groups is 1. The minimum Gasteiger partial charge on any atom is -0.493 e. The molecule has 2 rings (SSSR count). The first-order chi connectivity index (χ1) is 9.10. The van der Waals surface area contributed by atoms with Crippen molar-refractivity contribution < 1.29 is 19.4 Å². The zero-order valence-corrected chi connectivity index (χ0v) is 12.5. The second-order valence-corrected chi connectivity index (χ2v) is 6.01. The number of thiophene rings is 1. The van der Waals surface area contributed by atoms with Crippen molar-refractivity contribution in [2.45, 2.75) is 6.61 Å². The van der Waals surface area contributed by atoms with Gasteiger partial charge in [0.2, 0.25) is 0 Å². The van der Waals surface area contributed by atoms with Crippen LogP contribution in [0.4, 0.5) is 0 Å². The van der Waals surface area contributed by atoms with Crippen LogP contribution >= 0.6 is 27.3 Å². The predicted molar refractivity (Wildman–Crippen MR) is 76.3 cm³/mol. The van der Waals surface area contributed by atoms with Gasteiger partial charge in [-0.1, -0.05) is 0 Å². The van der Waals surface area contributed by atoms with Crippen molar-refractivity contribution in [3.05, 3.63) is 44.6 Å². The van der Waals surface area contributed by atoms with E-state index in [0.29, 0.717) is 18.1 Å². The Hall–Kier alpha value is -1.53. The Morgan fingerprint density at radius 3 is 2.74 bits per heavy atom. The first-order valence-corrected chi connectivity index (χ1v) is 7.04. The Morgan fingerprint density at radius 1 is 1.37 bits per heavy atom. The van der Waals surface area contributed by atoms with Gasteiger partial charge >= 0.3 is 5.97 Å². The number of halogens is 1. The van der Waals surface area contributed by atoms with Gasteiger partial charge in [-0.25, -0.2) is 4.79 Å². The van der Waals surface area contributed by atoms with Crippen LogP contribution in [0.2, 0.25) is 0 Å². The third-order valence-electron chi connectivity index (χ3n) is 2.43. The number of hydrogen-bond donors (Lipinski definition) is 1. The van der Waals surface area contributed by atoms with Crippen LogP contribution in [0.1, 0.15) is 15.9 Å². The highest BCUT2D eigenvalue weighted by Crippen LogP contribution is 2.29. The SMILES string of the molecule is COc1ccc(C(=O)O)cc1OCc1csc(Br)c1. The third kappa shape index (κ3) is 3.48. The predicted octanol–water partition coefficient (Wildman–Crippen LogP) is 3.80. The van der Waals surface area contributed by atoms with Crippen LogP contribution in [0.15, 0.2) is 33.4 Å². The number of hydrogen-bond acceptors (Lipinski definition) is 4. The van der Waals surface area contributed by atoms with Gasteiger partial charge in [0, 0.05) is 5.56 Å². The maximum Gasteiger partial charge on any atom is 0.335 e. The average Bonchev–Trinajstić information content (AvgIpc) is 2.81. The molecule has 1 N–H and O–H groups in total. The van der Waals surface area contributed by atoms with Gasteiger partial charge in [-0.15, -0.1) is 11.3 Å². The number of carboxylic acids is 1.